The van der Waals surface area contributed by atoms with Crippen molar-refractivity contribution in [2.24, 2.45) is 0 Å². The second-order valence-corrected chi connectivity index (χ2v) is 13.4. The smallest absolute Gasteiger partial charge is 0.271 e. The zero-order chi connectivity index (χ0) is 35.8. The Morgan fingerprint density at radius 3 is 1.47 bits per heavy atom. The molecule has 0 spiro atoms. The number of halogens is 5. The summed E-state index contributed by atoms with van der Waals surface area (Å²) >= 11 is 19.0. The van der Waals surface area contributed by atoms with Crippen LogP contribution in [0.25, 0.3) is 0 Å². The van der Waals surface area contributed by atoms with E-state index >= 15 is 0 Å². The van der Waals surface area contributed by atoms with Crippen LogP contribution in [0.2, 0.25) is 5.02 Å². The van der Waals surface area contributed by atoms with Crippen LogP contribution in [0.1, 0.15) is 15.9 Å². The summed E-state index contributed by atoms with van der Waals surface area (Å²) in [5.74, 6) is 2.62. The Morgan fingerprint density at radius 1 is 0.612 bits per heavy atom. The van der Waals surface area contributed by atoms with Gasteiger partial charge in [0.25, 0.3) is 11.4 Å². The summed E-state index contributed by atoms with van der Waals surface area (Å²) in [4.78, 5) is 33.7. The molecule has 0 atom stereocenters. The molecule has 11 nitrogen and oxygen atoms in total. The van der Waals surface area contributed by atoms with Crippen LogP contribution in [0.4, 0.5) is 11.4 Å². The molecule has 5 rings (SSSR count). The Labute approximate surface area is 317 Å². The highest BCUT2D eigenvalue weighted by Crippen LogP contribution is 2.42. The summed E-state index contributed by atoms with van der Waals surface area (Å²) in [6, 6.07) is 23.8. The van der Waals surface area contributed by atoms with Crippen molar-refractivity contribution in [2.45, 2.75) is 0 Å². The van der Waals surface area contributed by atoms with Gasteiger partial charge >= 0.3 is 0 Å². The second-order valence-electron chi connectivity index (χ2n) is 9.57. The van der Waals surface area contributed by atoms with Gasteiger partial charge in [-0.25, -0.2) is 0 Å². The molecule has 0 amide bonds. The van der Waals surface area contributed by atoms with Gasteiger partial charge in [-0.3, -0.25) is 25.0 Å². The topological polar surface area (TPSA) is 140 Å². The number of hydrogen-bond donors (Lipinski definition) is 0. The third-order valence-corrected chi connectivity index (χ3v) is 9.02. The highest BCUT2D eigenvalue weighted by molar-refractivity contribution is 9.11. The first-order valence-corrected chi connectivity index (χ1v) is 17.1. The van der Waals surface area contributed by atoms with Gasteiger partial charge in [-0.15, -0.1) is 0 Å². The molecular formula is C33H21Br4ClN2O9. The summed E-state index contributed by atoms with van der Waals surface area (Å²) in [7, 11) is 3.05. The van der Waals surface area contributed by atoms with Crippen LogP contribution >= 0.6 is 75.3 Å². The van der Waals surface area contributed by atoms with Crippen molar-refractivity contribution in [3.8, 4) is 34.5 Å². The zero-order valence-electron chi connectivity index (χ0n) is 25.1. The molecule has 5 aromatic rings. The van der Waals surface area contributed by atoms with Gasteiger partial charge in [-0.05, 0) is 130 Å². The average Bonchev–Trinajstić information content (AvgIpc) is 3.08. The Balaban J connectivity index is 0.000000237. The molecule has 0 unspecified atom stereocenters. The predicted octanol–water partition coefficient (Wildman–Crippen LogP) is 11.7. The molecule has 0 saturated heterocycles. The van der Waals surface area contributed by atoms with Gasteiger partial charge in [0, 0.05) is 34.9 Å². The summed E-state index contributed by atoms with van der Waals surface area (Å²) in [5, 5.41) is 22.3. The molecule has 0 bridgehead atoms. The Morgan fingerprint density at radius 2 is 1.04 bits per heavy atom. The lowest BCUT2D eigenvalue weighted by Gasteiger charge is -2.13. The van der Waals surface area contributed by atoms with Gasteiger partial charge in [-0.1, -0.05) is 11.6 Å². The lowest BCUT2D eigenvalue weighted by Crippen LogP contribution is -2.04. The van der Waals surface area contributed by atoms with E-state index in [-0.39, 0.29) is 17.2 Å². The molecule has 0 fully saturated rings. The van der Waals surface area contributed by atoms with E-state index in [1.54, 1.807) is 73.8 Å². The molecule has 0 aliphatic rings. The van der Waals surface area contributed by atoms with Crippen LogP contribution in [-0.2, 0) is 0 Å². The quantitative estimate of drug-likeness (QED) is 0.0760. The van der Waals surface area contributed by atoms with Crippen molar-refractivity contribution in [3.63, 3.8) is 0 Å². The van der Waals surface area contributed by atoms with E-state index in [2.05, 4.69) is 63.7 Å². The van der Waals surface area contributed by atoms with E-state index in [9.17, 15) is 25.0 Å². The molecule has 5 aromatic carbocycles. The van der Waals surface area contributed by atoms with Gasteiger partial charge in [0.1, 0.15) is 23.0 Å². The van der Waals surface area contributed by atoms with Gasteiger partial charge in [0.15, 0.2) is 17.3 Å². The number of hydrogen-bond acceptors (Lipinski definition) is 9. The first-order valence-electron chi connectivity index (χ1n) is 13.6. The number of nitrogens with zero attached hydrogens (tertiary/aromatic N) is 2. The van der Waals surface area contributed by atoms with Crippen LogP contribution < -0.4 is 18.9 Å². The fraction of sp³-hybridized carbons (Fsp3) is 0.0606. The molecule has 0 aliphatic carbocycles. The van der Waals surface area contributed by atoms with Crippen LogP contribution in [0, 0.1) is 20.2 Å². The minimum absolute atomic E-state index is 0.0224. The monoisotopic (exact) mass is 940 g/mol. The third kappa shape index (κ3) is 9.79. The highest BCUT2D eigenvalue weighted by atomic mass is 79.9. The van der Waals surface area contributed by atoms with Crippen molar-refractivity contribution in [3.05, 3.63) is 145 Å². The summed E-state index contributed by atoms with van der Waals surface area (Å²) < 4.78 is 23.7. The number of ether oxygens (including phenoxy) is 4. The maximum Gasteiger partial charge on any atom is 0.271 e. The summed E-state index contributed by atoms with van der Waals surface area (Å²) in [6.07, 6.45) is 0. The zero-order valence-corrected chi connectivity index (χ0v) is 32.2. The van der Waals surface area contributed by atoms with Gasteiger partial charge < -0.3 is 18.9 Å². The van der Waals surface area contributed by atoms with Crippen molar-refractivity contribution in [2.75, 3.05) is 14.2 Å². The lowest BCUT2D eigenvalue weighted by molar-refractivity contribution is -0.385. The minimum Gasteiger partial charge on any atom is -0.497 e. The Bertz CT molecular complexity index is 1980. The molecule has 0 radical (unpaired) electrons. The largest absolute Gasteiger partial charge is 0.497 e. The number of methoxy groups -OCH3 is 2. The number of nitro groups is 2. The number of nitro benzene ring substituents is 2. The SMILES string of the molecule is COc1ccc(Oc2c(Br)cc([N+](=O)[O-])cc2Br)cc1.COc1ccc(Oc2c(Br)cc([N+](=O)[O-])cc2Br)cc1C(=O)c1ccc(Cl)cc1. The number of rotatable bonds is 10. The Kier molecular flexibility index (Phi) is 13.2. The van der Waals surface area contributed by atoms with Gasteiger partial charge in [0.05, 0.1) is 47.5 Å². The average molecular weight is 945 g/mol. The predicted molar refractivity (Wildman–Crippen MR) is 198 cm³/mol. The first-order chi connectivity index (χ1) is 23.3. The molecular weight excluding hydrogens is 923 g/mol. The molecule has 0 saturated carbocycles. The van der Waals surface area contributed by atoms with Crippen molar-refractivity contribution >= 4 is 92.5 Å². The molecule has 0 N–H and O–H groups in total. The highest BCUT2D eigenvalue weighted by Gasteiger charge is 2.20. The molecule has 0 heterocycles. The van der Waals surface area contributed by atoms with E-state index in [0.717, 1.165) is 5.75 Å². The van der Waals surface area contributed by atoms with Crippen LogP contribution in [0.15, 0.2) is 109 Å². The van der Waals surface area contributed by atoms with E-state index in [1.807, 2.05) is 0 Å². The number of carbonyl (C=O) groups excluding carboxylic acids is 1. The maximum atomic E-state index is 12.9. The fourth-order valence-electron chi connectivity index (χ4n) is 4.06. The van der Waals surface area contributed by atoms with Crippen molar-refractivity contribution in [1.29, 1.82) is 0 Å². The lowest BCUT2D eigenvalue weighted by atomic mass is 10.0. The summed E-state index contributed by atoms with van der Waals surface area (Å²) in [6.45, 7) is 0. The minimum atomic E-state index is -0.504. The van der Waals surface area contributed by atoms with E-state index in [4.69, 9.17) is 30.5 Å². The van der Waals surface area contributed by atoms with Crippen LogP contribution in [0.5, 0.6) is 34.5 Å². The molecule has 252 valence electrons. The van der Waals surface area contributed by atoms with E-state index in [1.165, 1.54) is 31.4 Å². The van der Waals surface area contributed by atoms with Gasteiger partial charge in [-0.2, -0.15) is 0 Å². The van der Waals surface area contributed by atoms with Crippen molar-refractivity contribution < 1.29 is 33.6 Å². The molecule has 0 aromatic heterocycles. The van der Waals surface area contributed by atoms with Crippen LogP contribution in [0.3, 0.4) is 0 Å². The molecule has 0 aliphatic heterocycles. The normalized spacial score (nSPS) is 10.3. The van der Waals surface area contributed by atoms with Crippen molar-refractivity contribution in [1.82, 2.24) is 0 Å². The second kappa shape index (κ2) is 17.1. The first kappa shape index (κ1) is 37.8. The van der Waals surface area contributed by atoms with Gasteiger partial charge in [0.2, 0.25) is 0 Å². The fourth-order valence-corrected chi connectivity index (χ4v) is 6.84. The molecule has 16 heteroatoms. The van der Waals surface area contributed by atoms with Crippen LogP contribution in [-0.4, -0.2) is 29.8 Å². The molecule has 49 heavy (non-hydrogen) atoms. The number of benzene rings is 5. The number of non-ortho nitro benzene ring substituents is 2. The Hall–Kier alpha value is -4.02. The third-order valence-electron chi connectivity index (χ3n) is 6.41. The van der Waals surface area contributed by atoms with E-state index in [0.29, 0.717) is 62.8 Å². The number of carbonyl (C=O) groups is 1. The maximum absolute atomic E-state index is 12.9. The summed E-state index contributed by atoms with van der Waals surface area (Å²) in [5.41, 5.74) is 0.638. The van der Waals surface area contributed by atoms with E-state index < -0.39 is 9.85 Å². The number of ketones is 1. The standard InChI is InChI=1S/C20H12Br2ClNO5.C13H9Br2NO4/c1-28-18-7-6-14(10-15(18)19(25)11-2-4-12(23)5-3-11)29-20-16(21)8-13(24(26)27)9-17(20)22;1-19-9-2-4-10(5-3-9)20-13-11(14)6-8(16(17)18)7-12(13)15/h2-10H,1H3;2-7H,1H3.